The van der Waals surface area contributed by atoms with E-state index in [1.165, 1.54) is 44.9 Å². The summed E-state index contributed by atoms with van der Waals surface area (Å²) in [5.74, 6) is 0.765. The molecule has 0 radical (unpaired) electrons. The van der Waals surface area contributed by atoms with Gasteiger partial charge < -0.3 is 14.4 Å². The first kappa shape index (κ1) is 18.5. The summed E-state index contributed by atoms with van der Waals surface area (Å²) < 4.78 is 10.8. The van der Waals surface area contributed by atoms with E-state index in [0.29, 0.717) is 6.79 Å². The van der Waals surface area contributed by atoms with Gasteiger partial charge in [-0.25, -0.2) is 0 Å². The number of likely N-dealkylation sites (N-methyl/N-ethyl adjacent to an activating group) is 1. The number of ether oxygens (including phenoxy) is 2. The Morgan fingerprint density at radius 3 is 2.11 bits per heavy atom. The predicted octanol–water partition coefficient (Wildman–Crippen LogP) is 4.19. The molecule has 0 saturated heterocycles. The third-order valence-electron chi connectivity index (χ3n) is 2.98. The monoisotopic (exact) mass is 271 g/mol. The minimum absolute atomic E-state index is 0.336. The standard InChI is InChI=1S/C16H33NO2/c1-5-6-7-8-9-10-11-12-13-18-15-19-16(2)14-17(3)4/h2,5-15H2,1,3-4H3. The molecule has 0 aromatic carbocycles. The van der Waals surface area contributed by atoms with Crippen LogP contribution in [-0.2, 0) is 9.47 Å². The zero-order valence-electron chi connectivity index (χ0n) is 13.2. The third-order valence-corrected chi connectivity index (χ3v) is 2.98. The van der Waals surface area contributed by atoms with E-state index < -0.39 is 0 Å². The van der Waals surface area contributed by atoms with E-state index >= 15 is 0 Å². The molecule has 0 aliphatic heterocycles. The molecular formula is C16H33NO2. The highest BCUT2D eigenvalue weighted by Crippen LogP contribution is 2.08. The lowest BCUT2D eigenvalue weighted by Crippen LogP contribution is -2.16. The normalized spacial score (nSPS) is 10.9. The van der Waals surface area contributed by atoms with Crippen molar-refractivity contribution in [3.05, 3.63) is 12.3 Å². The second-order valence-corrected chi connectivity index (χ2v) is 5.42. The SMILES string of the molecule is C=C(CN(C)C)OCOCCCCCCCCCC. The predicted molar refractivity (Wildman–Crippen MR) is 82.2 cm³/mol. The van der Waals surface area contributed by atoms with Gasteiger partial charge in [0.15, 0.2) is 6.79 Å². The average molecular weight is 271 g/mol. The second-order valence-electron chi connectivity index (χ2n) is 5.42. The van der Waals surface area contributed by atoms with Gasteiger partial charge in [-0.05, 0) is 20.5 Å². The van der Waals surface area contributed by atoms with E-state index in [9.17, 15) is 0 Å². The molecule has 0 aromatic rings. The van der Waals surface area contributed by atoms with Crippen LogP contribution in [0.5, 0.6) is 0 Å². The maximum Gasteiger partial charge on any atom is 0.188 e. The Balaban J connectivity index is 3.08. The molecule has 0 bridgehead atoms. The summed E-state index contributed by atoms with van der Waals surface area (Å²) in [7, 11) is 3.99. The van der Waals surface area contributed by atoms with Gasteiger partial charge in [-0.2, -0.15) is 0 Å². The number of hydrogen-bond donors (Lipinski definition) is 0. The van der Waals surface area contributed by atoms with Crippen LogP contribution in [-0.4, -0.2) is 38.9 Å². The van der Waals surface area contributed by atoms with Crippen LogP contribution in [0.4, 0.5) is 0 Å². The van der Waals surface area contributed by atoms with E-state index in [2.05, 4.69) is 13.5 Å². The first-order chi connectivity index (χ1) is 9.16. The van der Waals surface area contributed by atoms with Crippen LogP contribution in [0.25, 0.3) is 0 Å². The van der Waals surface area contributed by atoms with E-state index in [-0.39, 0.29) is 0 Å². The van der Waals surface area contributed by atoms with Gasteiger partial charge >= 0.3 is 0 Å². The molecule has 0 unspecified atom stereocenters. The van der Waals surface area contributed by atoms with Crippen LogP contribution in [0.3, 0.4) is 0 Å². The summed E-state index contributed by atoms with van der Waals surface area (Å²) in [6, 6.07) is 0. The van der Waals surface area contributed by atoms with Crippen LogP contribution in [0, 0.1) is 0 Å². The smallest absolute Gasteiger partial charge is 0.188 e. The molecule has 0 fully saturated rings. The van der Waals surface area contributed by atoms with Crippen molar-refractivity contribution in [2.24, 2.45) is 0 Å². The van der Waals surface area contributed by atoms with Crippen molar-refractivity contribution < 1.29 is 9.47 Å². The average Bonchev–Trinajstić information content (AvgIpc) is 2.35. The minimum atomic E-state index is 0.336. The fourth-order valence-corrected chi connectivity index (χ4v) is 1.92. The van der Waals surface area contributed by atoms with Crippen LogP contribution in [0.15, 0.2) is 12.3 Å². The Hall–Kier alpha value is -0.540. The molecule has 114 valence electrons. The van der Waals surface area contributed by atoms with Gasteiger partial charge in [0.2, 0.25) is 0 Å². The van der Waals surface area contributed by atoms with Crippen molar-refractivity contribution in [1.82, 2.24) is 4.90 Å². The van der Waals surface area contributed by atoms with Crippen molar-refractivity contribution >= 4 is 0 Å². The summed E-state index contributed by atoms with van der Waals surface area (Å²) in [5.41, 5.74) is 0. The second kappa shape index (κ2) is 13.9. The van der Waals surface area contributed by atoms with Gasteiger partial charge in [0.05, 0.1) is 13.2 Å². The topological polar surface area (TPSA) is 21.7 Å². The van der Waals surface area contributed by atoms with E-state index in [1.807, 2.05) is 19.0 Å². The number of nitrogens with zero attached hydrogens (tertiary/aromatic N) is 1. The van der Waals surface area contributed by atoms with Crippen molar-refractivity contribution in [3.63, 3.8) is 0 Å². The highest BCUT2D eigenvalue weighted by Gasteiger charge is 1.97. The molecule has 0 amide bonds. The highest BCUT2D eigenvalue weighted by molar-refractivity contribution is 4.84. The van der Waals surface area contributed by atoms with Crippen molar-refractivity contribution in [1.29, 1.82) is 0 Å². The lowest BCUT2D eigenvalue weighted by Gasteiger charge is -2.13. The summed E-state index contributed by atoms with van der Waals surface area (Å²) in [4.78, 5) is 2.03. The van der Waals surface area contributed by atoms with E-state index in [0.717, 1.165) is 25.3 Å². The van der Waals surface area contributed by atoms with Gasteiger partial charge in [0.1, 0.15) is 5.76 Å². The zero-order chi connectivity index (χ0) is 14.3. The van der Waals surface area contributed by atoms with Crippen molar-refractivity contribution in [2.45, 2.75) is 58.3 Å². The first-order valence-electron chi connectivity index (χ1n) is 7.70. The third kappa shape index (κ3) is 15.4. The molecule has 0 saturated carbocycles. The lowest BCUT2D eigenvalue weighted by molar-refractivity contribution is -0.0277. The molecule has 0 aromatic heterocycles. The molecule has 0 heterocycles. The molecule has 0 N–H and O–H groups in total. The Kier molecular flexibility index (Phi) is 13.5. The quantitative estimate of drug-likeness (QED) is 0.268. The summed E-state index contributed by atoms with van der Waals surface area (Å²) in [6.07, 6.45) is 10.6. The van der Waals surface area contributed by atoms with Gasteiger partial charge in [-0.15, -0.1) is 0 Å². The largest absolute Gasteiger partial charge is 0.471 e. The highest BCUT2D eigenvalue weighted by atomic mass is 16.7. The molecule has 3 nitrogen and oxygen atoms in total. The first-order valence-corrected chi connectivity index (χ1v) is 7.70. The number of unbranched alkanes of at least 4 members (excludes halogenated alkanes) is 7. The Morgan fingerprint density at radius 1 is 0.947 bits per heavy atom. The van der Waals surface area contributed by atoms with Crippen LogP contribution >= 0.6 is 0 Å². The van der Waals surface area contributed by atoms with E-state index in [1.54, 1.807) is 0 Å². The Morgan fingerprint density at radius 2 is 1.53 bits per heavy atom. The van der Waals surface area contributed by atoms with E-state index in [4.69, 9.17) is 9.47 Å². The summed E-state index contributed by atoms with van der Waals surface area (Å²) in [6.45, 7) is 7.97. The summed E-state index contributed by atoms with van der Waals surface area (Å²) >= 11 is 0. The fraction of sp³-hybridized carbons (Fsp3) is 0.875. The maximum absolute atomic E-state index is 5.43. The van der Waals surface area contributed by atoms with Crippen LogP contribution in [0.1, 0.15) is 58.3 Å². The van der Waals surface area contributed by atoms with Crippen molar-refractivity contribution in [2.75, 3.05) is 34.0 Å². The molecule has 0 aliphatic carbocycles. The van der Waals surface area contributed by atoms with Gasteiger partial charge in [0, 0.05) is 0 Å². The van der Waals surface area contributed by atoms with Crippen molar-refractivity contribution in [3.8, 4) is 0 Å². The molecule has 19 heavy (non-hydrogen) atoms. The minimum Gasteiger partial charge on any atom is -0.471 e. The number of hydrogen-bond acceptors (Lipinski definition) is 3. The number of rotatable bonds is 14. The summed E-state index contributed by atoms with van der Waals surface area (Å²) in [5, 5.41) is 0. The van der Waals surface area contributed by atoms with Gasteiger partial charge in [-0.1, -0.05) is 58.4 Å². The fourth-order valence-electron chi connectivity index (χ4n) is 1.92. The molecule has 0 rings (SSSR count). The Labute approximate surface area is 120 Å². The van der Waals surface area contributed by atoms with Crippen LogP contribution in [0.2, 0.25) is 0 Å². The molecule has 0 aliphatic rings. The zero-order valence-corrected chi connectivity index (χ0v) is 13.2. The van der Waals surface area contributed by atoms with Crippen LogP contribution < -0.4 is 0 Å². The lowest BCUT2D eigenvalue weighted by atomic mass is 10.1. The Bertz CT molecular complexity index is 205. The molecule has 0 atom stereocenters. The van der Waals surface area contributed by atoms with Gasteiger partial charge in [-0.3, -0.25) is 0 Å². The molecule has 3 heteroatoms. The van der Waals surface area contributed by atoms with Gasteiger partial charge in [0.25, 0.3) is 0 Å². The molecular weight excluding hydrogens is 238 g/mol. The molecule has 0 spiro atoms. The maximum atomic E-state index is 5.43.